The zero-order chi connectivity index (χ0) is 12.7. The lowest BCUT2D eigenvalue weighted by Crippen LogP contribution is -2.24. The molecular weight excluding hydrogens is 228 g/mol. The SMILES string of the molecule is CN1CCCc2c1ccc(-c1cn[nH]c1N)c2O. The van der Waals surface area contributed by atoms with Crippen LogP contribution in [-0.2, 0) is 6.42 Å². The number of nitrogens with zero attached hydrogens (tertiary/aromatic N) is 2. The number of nitrogens with two attached hydrogens (primary N) is 1. The third kappa shape index (κ3) is 1.51. The maximum Gasteiger partial charge on any atom is 0.128 e. The molecule has 3 rings (SSSR count). The molecule has 1 aliphatic heterocycles. The van der Waals surface area contributed by atoms with Crippen LogP contribution in [0.5, 0.6) is 5.75 Å². The molecule has 0 atom stereocenters. The van der Waals surface area contributed by atoms with Gasteiger partial charge in [0.25, 0.3) is 0 Å². The number of aromatic amines is 1. The van der Waals surface area contributed by atoms with Gasteiger partial charge < -0.3 is 15.7 Å². The monoisotopic (exact) mass is 244 g/mol. The number of hydrogen-bond donors (Lipinski definition) is 3. The Kier molecular flexibility index (Phi) is 2.40. The van der Waals surface area contributed by atoms with Crippen LogP contribution in [-0.4, -0.2) is 28.9 Å². The zero-order valence-corrected chi connectivity index (χ0v) is 10.3. The van der Waals surface area contributed by atoms with E-state index in [1.54, 1.807) is 6.20 Å². The molecule has 0 aliphatic carbocycles. The molecule has 2 aromatic rings. The number of aromatic nitrogens is 2. The Balaban J connectivity index is 2.17. The molecule has 4 N–H and O–H groups in total. The van der Waals surface area contributed by atoms with E-state index in [0.717, 1.165) is 41.8 Å². The van der Waals surface area contributed by atoms with E-state index in [0.29, 0.717) is 11.6 Å². The van der Waals surface area contributed by atoms with Gasteiger partial charge in [0.15, 0.2) is 0 Å². The highest BCUT2D eigenvalue weighted by atomic mass is 16.3. The summed E-state index contributed by atoms with van der Waals surface area (Å²) in [6.45, 7) is 1.03. The molecule has 0 unspecified atom stereocenters. The fourth-order valence-electron chi connectivity index (χ4n) is 2.57. The first-order valence-corrected chi connectivity index (χ1v) is 6.03. The second-order valence-electron chi connectivity index (χ2n) is 4.68. The third-order valence-corrected chi connectivity index (χ3v) is 3.55. The van der Waals surface area contributed by atoms with Crippen molar-refractivity contribution in [2.24, 2.45) is 0 Å². The van der Waals surface area contributed by atoms with Gasteiger partial charge in [0.2, 0.25) is 0 Å². The van der Waals surface area contributed by atoms with Crippen molar-refractivity contribution in [3.8, 4) is 16.9 Å². The summed E-state index contributed by atoms with van der Waals surface area (Å²) in [4.78, 5) is 2.17. The topological polar surface area (TPSA) is 78.2 Å². The van der Waals surface area contributed by atoms with E-state index < -0.39 is 0 Å². The average Bonchev–Trinajstić information content (AvgIpc) is 2.77. The fourth-order valence-corrected chi connectivity index (χ4v) is 2.57. The van der Waals surface area contributed by atoms with Gasteiger partial charge in [0.05, 0.1) is 6.20 Å². The van der Waals surface area contributed by atoms with Crippen molar-refractivity contribution in [2.45, 2.75) is 12.8 Å². The maximum atomic E-state index is 10.4. The number of fused-ring (bicyclic) bond motifs is 1. The van der Waals surface area contributed by atoms with Crippen molar-refractivity contribution in [3.05, 3.63) is 23.9 Å². The Hall–Kier alpha value is -2.17. The Labute approximate surface area is 105 Å². The minimum atomic E-state index is 0.326. The number of nitrogen functional groups attached to an aromatic ring is 1. The number of aromatic hydroxyl groups is 1. The second kappa shape index (κ2) is 3.94. The lowest BCUT2D eigenvalue weighted by Gasteiger charge is -2.28. The molecule has 0 bridgehead atoms. The predicted octanol–water partition coefficient (Wildman–Crippen LogP) is 1.75. The first kappa shape index (κ1) is 11.0. The molecule has 94 valence electrons. The van der Waals surface area contributed by atoms with E-state index in [1.807, 2.05) is 19.2 Å². The number of hydrogen-bond acceptors (Lipinski definition) is 4. The predicted molar refractivity (Wildman–Crippen MR) is 71.7 cm³/mol. The lowest BCUT2D eigenvalue weighted by molar-refractivity contribution is 0.467. The van der Waals surface area contributed by atoms with Crippen molar-refractivity contribution >= 4 is 11.5 Å². The minimum absolute atomic E-state index is 0.326. The Morgan fingerprint density at radius 3 is 2.94 bits per heavy atom. The van der Waals surface area contributed by atoms with Gasteiger partial charge in [-0.2, -0.15) is 5.10 Å². The normalized spacial score (nSPS) is 14.6. The molecule has 0 saturated carbocycles. The Bertz CT molecular complexity index is 591. The first-order chi connectivity index (χ1) is 8.68. The highest BCUT2D eigenvalue weighted by Crippen LogP contribution is 2.41. The molecule has 1 aromatic heterocycles. The molecule has 1 aromatic carbocycles. The summed E-state index contributed by atoms with van der Waals surface area (Å²) in [6.07, 6.45) is 3.60. The van der Waals surface area contributed by atoms with E-state index in [4.69, 9.17) is 5.73 Å². The summed E-state index contributed by atoms with van der Waals surface area (Å²) in [5, 5.41) is 17.0. The van der Waals surface area contributed by atoms with Crippen LogP contribution in [0.2, 0.25) is 0 Å². The van der Waals surface area contributed by atoms with Gasteiger partial charge in [0.1, 0.15) is 11.6 Å². The summed E-state index contributed by atoms with van der Waals surface area (Å²) in [6, 6.07) is 3.94. The number of nitrogens with one attached hydrogen (secondary N) is 1. The van der Waals surface area contributed by atoms with Crippen molar-refractivity contribution in [1.29, 1.82) is 0 Å². The van der Waals surface area contributed by atoms with Gasteiger partial charge in [-0.15, -0.1) is 0 Å². The van der Waals surface area contributed by atoms with Crippen LogP contribution < -0.4 is 10.6 Å². The summed E-state index contributed by atoms with van der Waals surface area (Å²) in [7, 11) is 2.04. The highest BCUT2D eigenvalue weighted by molar-refractivity contribution is 5.82. The quantitative estimate of drug-likeness (QED) is 0.714. The van der Waals surface area contributed by atoms with Gasteiger partial charge in [0, 0.05) is 36.0 Å². The number of benzene rings is 1. The van der Waals surface area contributed by atoms with Crippen molar-refractivity contribution in [3.63, 3.8) is 0 Å². The molecule has 0 fully saturated rings. The van der Waals surface area contributed by atoms with Gasteiger partial charge in [-0.05, 0) is 25.0 Å². The highest BCUT2D eigenvalue weighted by Gasteiger charge is 2.20. The standard InChI is InChI=1S/C13H16N4O/c1-17-6-2-3-9-11(17)5-4-8(12(9)18)10-7-15-16-13(10)14/h4-5,7,18H,2-3,6H2,1H3,(H3,14,15,16). The fraction of sp³-hybridized carbons (Fsp3) is 0.308. The second-order valence-corrected chi connectivity index (χ2v) is 4.68. The number of anilines is 2. The van der Waals surface area contributed by atoms with Crippen LogP contribution in [0.15, 0.2) is 18.3 Å². The largest absolute Gasteiger partial charge is 0.507 e. The third-order valence-electron chi connectivity index (χ3n) is 3.55. The molecular formula is C13H16N4O. The smallest absolute Gasteiger partial charge is 0.128 e. The zero-order valence-electron chi connectivity index (χ0n) is 10.3. The van der Waals surface area contributed by atoms with Gasteiger partial charge in [-0.3, -0.25) is 5.10 Å². The van der Waals surface area contributed by atoms with Crippen LogP contribution in [0.3, 0.4) is 0 Å². The van der Waals surface area contributed by atoms with Crippen molar-refractivity contribution in [2.75, 3.05) is 24.2 Å². The van der Waals surface area contributed by atoms with Crippen LogP contribution in [0.25, 0.3) is 11.1 Å². The Morgan fingerprint density at radius 2 is 2.22 bits per heavy atom. The lowest BCUT2D eigenvalue weighted by atomic mass is 9.95. The molecule has 2 heterocycles. The van der Waals surface area contributed by atoms with Crippen molar-refractivity contribution < 1.29 is 5.11 Å². The van der Waals surface area contributed by atoms with Gasteiger partial charge in [-0.1, -0.05) is 0 Å². The van der Waals surface area contributed by atoms with Crippen LogP contribution in [0.4, 0.5) is 11.5 Å². The molecule has 0 spiro atoms. The van der Waals surface area contributed by atoms with E-state index >= 15 is 0 Å². The summed E-state index contributed by atoms with van der Waals surface area (Å²) in [5.41, 5.74) is 9.41. The van der Waals surface area contributed by atoms with Crippen molar-refractivity contribution in [1.82, 2.24) is 10.2 Å². The molecule has 1 aliphatic rings. The number of rotatable bonds is 1. The average molecular weight is 244 g/mol. The summed E-state index contributed by atoms with van der Waals surface area (Å²) in [5.74, 6) is 0.807. The van der Waals surface area contributed by atoms with E-state index in [-0.39, 0.29) is 0 Å². The Morgan fingerprint density at radius 1 is 1.39 bits per heavy atom. The minimum Gasteiger partial charge on any atom is -0.507 e. The maximum absolute atomic E-state index is 10.4. The van der Waals surface area contributed by atoms with Gasteiger partial charge in [-0.25, -0.2) is 0 Å². The van der Waals surface area contributed by atoms with Gasteiger partial charge >= 0.3 is 0 Å². The summed E-state index contributed by atoms with van der Waals surface area (Å²) < 4.78 is 0. The van der Waals surface area contributed by atoms with E-state index in [1.165, 1.54) is 0 Å². The van der Waals surface area contributed by atoms with Crippen LogP contribution >= 0.6 is 0 Å². The molecule has 0 radical (unpaired) electrons. The first-order valence-electron chi connectivity index (χ1n) is 6.03. The van der Waals surface area contributed by atoms with Crippen LogP contribution in [0.1, 0.15) is 12.0 Å². The molecule has 18 heavy (non-hydrogen) atoms. The molecule has 0 amide bonds. The van der Waals surface area contributed by atoms with E-state index in [2.05, 4.69) is 15.1 Å². The summed E-state index contributed by atoms with van der Waals surface area (Å²) >= 11 is 0. The van der Waals surface area contributed by atoms with Crippen LogP contribution in [0, 0.1) is 0 Å². The molecule has 0 saturated heterocycles. The van der Waals surface area contributed by atoms with E-state index in [9.17, 15) is 5.11 Å². The number of H-pyrrole nitrogens is 1. The molecule has 5 heteroatoms. The number of phenolic OH excluding ortho intramolecular Hbond substituents is 1. The molecule has 5 nitrogen and oxygen atoms in total. The number of phenols is 1.